The molecule has 0 unspecified atom stereocenters. The minimum absolute atomic E-state index is 0.0720. The number of anilines is 1. The van der Waals surface area contributed by atoms with Gasteiger partial charge < -0.3 is 19.7 Å². The largest absolute Gasteiger partial charge is 0.493 e. The highest BCUT2D eigenvalue weighted by Gasteiger charge is 2.35. The number of methoxy groups -OCH3 is 2. The number of carbonyl (C=O) groups is 2. The number of rotatable bonds is 15. The van der Waals surface area contributed by atoms with Gasteiger partial charge in [0.2, 0.25) is 11.8 Å². The van der Waals surface area contributed by atoms with Crippen LogP contribution in [0.5, 0.6) is 11.5 Å². The lowest BCUT2D eigenvalue weighted by atomic mass is 10.0. The Kier molecular flexibility index (Phi) is 12.2. The van der Waals surface area contributed by atoms with Crippen LogP contribution in [0.15, 0.2) is 102 Å². The van der Waals surface area contributed by atoms with Crippen molar-refractivity contribution >= 4 is 27.5 Å². The Balaban J connectivity index is 1.83. The molecule has 4 rings (SSSR count). The second-order valence-corrected chi connectivity index (χ2v) is 14.1. The van der Waals surface area contributed by atoms with Crippen molar-refractivity contribution in [3.8, 4) is 11.5 Å². The van der Waals surface area contributed by atoms with Crippen LogP contribution < -0.4 is 19.1 Å². The van der Waals surface area contributed by atoms with E-state index >= 15 is 0 Å². The second-order valence-electron chi connectivity index (χ2n) is 12.2. The first-order chi connectivity index (χ1) is 22.9. The minimum atomic E-state index is -4.32. The molecule has 4 aromatic carbocycles. The number of nitrogens with one attached hydrogen (secondary N) is 1. The zero-order valence-corrected chi connectivity index (χ0v) is 29.3. The zero-order chi connectivity index (χ0) is 34.8. The van der Waals surface area contributed by atoms with Gasteiger partial charge in [-0.05, 0) is 66.3 Å². The lowest BCUT2D eigenvalue weighted by Gasteiger charge is -2.34. The highest BCUT2D eigenvalue weighted by molar-refractivity contribution is 7.92. The maximum atomic E-state index is 14.7. The molecule has 0 radical (unpaired) electrons. The number of sulfonamides is 1. The summed E-state index contributed by atoms with van der Waals surface area (Å²) in [6.45, 7) is 7.73. The molecule has 0 aliphatic rings. The normalized spacial score (nSPS) is 11.9. The lowest BCUT2D eigenvalue weighted by molar-refractivity contribution is -0.140. The summed E-state index contributed by atoms with van der Waals surface area (Å²) >= 11 is 0. The summed E-state index contributed by atoms with van der Waals surface area (Å²) in [5, 5.41) is 3.01. The minimum Gasteiger partial charge on any atom is -0.493 e. The van der Waals surface area contributed by atoms with Crippen molar-refractivity contribution in [3.05, 3.63) is 119 Å². The number of nitrogens with zero attached hydrogens (tertiary/aromatic N) is 2. The monoisotopic (exact) mass is 671 g/mol. The molecule has 0 spiro atoms. The van der Waals surface area contributed by atoms with Gasteiger partial charge in [0.15, 0.2) is 11.5 Å². The lowest BCUT2D eigenvalue weighted by Crippen LogP contribution is -2.53. The van der Waals surface area contributed by atoms with Gasteiger partial charge in [0.1, 0.15) is 12.6 Å². The molecule has 254 valence electrons. The van der Waals surface area contributed by atoms with Crippen LogP contribution in [0.4, 0.5) is 5.69 Å². The van der Waals surface area contributed by atoms with Gasteiger partial charge in [-0.15, -0.1) is 0 Å². The molecule has 0 aliphatic heterocycles. The SMILES string of the molecule is COc1ccc(S(=O)(=O)N(CC(=O)N(Cc2ccccc2)[C@H](Cc2ccccc2)C(=O)NCC(C)C)c2cc(C)cc(C)c2)cc1OC. The molecule has 0 fully saturated rings. The van der Waals surface area contributed by atoms with Crippen LogP contribution >= 0.6 is 0 Å². The predicted octanol–water partition coefficient (Wildman–Crippen LogP) is 5.93. The Labute approximate surface area is 284 Å². The van der Waals surface area contributed by atoms with Crippen molar-refractivity contribution in [2.45, 2.75) is 51.6 Å². The van der Waals surface area contributed by atoms with Crippen LogP contribution in [0.1, 0.15) is 36.1 Å². The van der Waals surface area contributed by atoms with Crippen molar-refractivity contribution in [1.29, 1.82) is 0 Å². The van der Waals surface area contributed by atoms with Crippen LogP contribution in [0.25, 0.3) is 0 Å². The summed E-state index contributed by atoms with van der Waals surface area (Å²) in [6.07, 6.45) is 0.245. The van der Waals surface area contributed by atoms with Crippen molar-refractivity contribution in [1.82, 2.24) is 10.2 Å². The van der Waals surface area contributed by atoms with E-state index in [1.54, 1.807) is 12.1 Å². The molecular formula is C38H45N3O6S. The van der Waals surface area contributed by atoms with Crippen molar-refractivity contribution in [2.75, 3.05) is 31.6 Å². The fraction of sp³-hybridized carbons (Fsp3) is 0.316. The number of hydrogen-bond donors (Lipinski definition) is 1. The second kappa shape index (κ2) is 16.3. The van der Waals surface area contributed by atoms with Gasteiger partial charge in [-0.25, -0.2) is 8.42 Å². The summed E-state index contributed by atoms with van der Waals surface area (Å²) < 4.78 is 40.8. The topological polar surface area (TPSA) is 105 Å². The highest BCUT2D eigenvalue weighted by atomic mass is 32.2. The third kappa shape index (κ3) is 9.16. The fourth-order valence-electron chi connectivity index (χ4n) is 5.48. The van der Waals surface area contributed by atoms with Crippen LogP contribution in [0.2, 0.25) is 0 Å². The molecule has 0 heterocycles. The molecule has 10 heteroatoms. The first kappa shape index (κ1) is 36.0. The predicted molar refractivity (Wildman–Crippen MR) is 189 cm³/mol. The highest BCUT2D eigenvalue weighted by Crippen LogP contribution is 2.33. The van der Waals surface area contributed by atoms with E-state index in [4.69, 9.17) is 9.47 Å². The number of amides is 2. The third-order valence-electron chi connectivity index (χ3n) is 7.87. The number of ether oxygens (including phenoxy) is 2. The van der Waals surface area contributed by atoms with Gasteiger partial charge >= 0.3 is 0 Å². The molecule has 0 saturated carbocycles. The molecule has 4 aromatic rings. The Morgan fingerprint density at radius 3 is 1.92 bits per heavy atom. The average molecular weight is 672 g/mol. The summed E-state index contributed by atoms with van der Waals surface area (Å²) in [5.74, 6) is -0.0343. The van der Waals surface area contributed by atoms with E-state index < -0.39 is 28.5 Å². The number of hydrogen-bond acceptors (Lipinski definition) is 6. The zero-order valence-electron chi connectivity index (χ0n) is 28.5. The Hall–Kier alpha value is -4.83. The number of benzene rings is 4. The molecule has 1 N–H and O–H groups in total. The summed E-state index contributed by atoms with van der Waals surface area (Å²) in [4.78, 5) is 30.0. The van der Waals surface area contributed by atoms with Gasteiger partial charge in [-0.3, -0.25) is 13.9 Å². The van der Waals surface area contributed by atoms with Gasteiger partial charge in [0.25, 0.3) is 10.0 Å². The Morgan fingerprint density at radius 1 is 0.771 bits per heavy atom. The van der Waals surface area contributed by atoms with Gasteiger partial charge in [-0.1, -0.05) is 80.6 Å². The number of carbonyl (C=O) groups excluding carboxylic acids is 2. The summed E-state index contributed by atoms with van der Waals surface area (Å²) in [7, 11) is -1.43. The molecule has 0 aliphatic carbocycles. The molecule has 0 bridgehead atoms. The van der Waals surface area contributed by atoms with E-state index in [2.05, 4.69) is 5.32 Å². The van der Waals surface area contributed by atoms with Crippen molar-refractivity contribution < 1.29 is 27.5 Å². The molecular weight excluding hydrogens is 627 g/mol. The molecule has 0 aromatic heterocycles. The van der Waals surface area contributed by atoms with Gasteiger partial charge in [0.05, 0.1) is 24.8 Å². The van der Waals surface area contributed by atoms with E-state index in [0.717, 1.165) is 26.6 Å². The first-order valence-corrected chi connectivity index (χ1v) is 17.3. The third-order valence-corrected chi connectivity index (χ3v) is 9.64. The number of aryl methyl sites for hydroxylation is 2. The fourth-order valence-corrected chi connectivity index (χ4v) is 6.90. The van der Waals surface area contributed by atoms with Gasteiger partial charge in [0, 0.05) is 25.6 Å². The van der Waals surface area contributed by atoms with Crippen LogP contribution in [-0.2, 0) is 32.6 Å². The summed E-state index contributed by atoms with van der Waals surface area (Å²) in [6, 6.07) is 27.7. The van der Waals surface area contributed by atoms with E-state index in [1.165, 1.54) is 37.3 Å². The first-order valence-electron chi connectivity index (χ1n) is 15.9. The molecule has 1 atom stereocenters. The molecule has 48 heavy (non-hydrogen) atoms. The molecule has 2 amide bonds. The van der Waals surface area contributed by atoms with Crippen LogP contribution in [0.3, 0.4) is 0 Å². The van der Waals surface area contributed by atoms with Gasteiger partial charge in [-0.2, -0.15) is 0 Å². The van der Waals surface area contributed by atoms with Crippen LogP contribution in [0, 0.1) is 19.8 Å². The molecule has 9 nitrogen and oxygen atoms in total. The Bertz CT molecular complexity index is 1780. The smallest absolute Gasteiger partial charge is 0.264 e. The van der Waals surface area contributed by atoms with Crippen molar-refractivity contribution in [2.24, 2.45) is 5.92 Å². The van der Waals surface area contributed by atoms with E-state index in [9.17, 15) is 18.0 Å². The standard InChI is InChI=1S/C38H45N3O6S/c1-27(2)24-39-38(43)34(22-30-13-9-7-10-14-30)40(25-31-15-11-8-12-16-31)37(42)26-41(32-20-28(3)19-29(4)21-32)48(44,45)33-17-18-35(46-5)36(23-33)47-6/h7-21,23,27,34H,22,24-26H2,1-6H3,(H,39,43)/t34-/m1/s1. The van der Waals surface area contributed by atoms with E-state index in [0.29, 0.717) is 18.0 Å². The van der Waals surface area contributed by atoms with Crippen LogP contribution in [-0.4, -0.2) is 58.5 Å². The quantitative estimate of drug-likeness (QED) is 0.168. The van der Waals surface area contributed by atoms with E-state index in [-0.39, 0.29) is 35.4 Å². The van der Waals surface area contributed by atoms with E-state index in [1.807, 2.05) is 94.4 Å². The maximum absolute atomic E-state index is 14.7. The maximum Gasteiger partial charge on any atom is 0.264 e. The van der Waals surface area contributed by atoms with Crippen molar-refractivity contribution in [3.63, 3.8) is 0 Å². The average Bonchev–Trinajstić information content (AvgIpc) is 3.07. The summed E-state index contributed by atoms with van der Waals surface area (Å²) in [5.41, 5.74) is 3.68. The Morgan fingerprint density at radius 2 is 1.35 bits per heavy atom. The molecule has 0 saturated heterocycles.